The Balaban J connectivity index is 1.73. The van der Waals surface area contributed by atoms with Crippen molar-refractivity contribution in [2.45, 2.75) is 120 Å². The number of fused-ring (bicyclic) bond motifs is 5. The van der Waals surface area contributed by atoms with Crippen LogP contribution in [0.25, 0.3) is 0 Å². The molecule has 0 heterocycles. The van der Waals surface area contributed by atoms with Gasteiger partial charge in [0, 0.05) is 6.42 Å². The van der Waals surface area contributed by atoms with E-state index in [1.165, 1.54) is 32.1 Å². The van der Waals surface area contributed by atoms with Crippen molar-refractivity contribution < 1.29 is 14.3 Å². The Bertz CT molecular complexity index is 611. The van der Waals surface area contributed by atoms with Crippen molar-refractivity contribution in [3.63, 3.8) is 0 Å². The number of carbonyl (C=O) groups is 1. The zero-order valence-electron chi connectivity index (χ0n) is 21.2. The molecule has 3 rings (SSSR count). The van der Waals surface area contributed by atoms with Gasteiger partial charge in [-0.25, -0.2) is 0 Å². The van der Waals surface area contributed by atoms with Crippen LogP contribution >= 0.6 is 0 Å². The van der Waals surface area contributed by atoms with Gasteiger partial charge in [0.25, 0.3) is 0 Å². The molecule has 3 aliphatic rings. The second-order valence-corrected chi connectivity index (χ2v) is 13.6. The van der Waals surface area contributed by atoms with E-state index in [1.54, 1.807) is 0 Å². The van der Waals surface area contributed by atoms with E-state index in [2.05, 4.69) is 62.3 Å². The minimum Gasteiger partial charge on any atom is -0.435 e. The first-order valence-electron chi connectivity index (χ1n) is 12.6. The molecule has 0 saturated heterocycles. The Morgan fingerprint density at radius 1 is 0.900 bits per heavy atom. The van der Waals surface area contributed by atoms with Crippen LogP contribution in [0.1, 0.15) is 107 Å². The monoisotopic (exact) mass is 420 g/mol. The molecule has 0 spiro atoms. The summed E-state index contributed by atoms with van der Waals surface area (Å²) in [4.78, 5) is 13.6. The summed E-state index contributed by atoms with van der Waals surface area (Å²) in [6, 6.07) is 0. The highest BCUT2D eigenvalue weighted by atomic mass is 16.7. The second-order valence-electron chi connectivity index (χ2n) is 13.6. The maximum atomic E-state index is 13.6. The molecular weight excluding hydrogens is 372 g/mol. The van der Waals surface area contributed by atoms with Crippen molar-refractivity contribution in [3.05, 3.63) is 0 Å². The maximum absolute atomic E-state index is 13.6. The molecule has 30 heavy (non-hydrogen) atoms. The summed E-state index contributed by atoms with van der Waals surface area (Å²) in [5.41, 5.74) is -0.634. The molecule has 174 valence electrons. The Morgan fingerprint density at radius 2 is 1.53 bits per heavy atom. The van der Waals surface area contributed by atoms with Crippen molar-refractivity contribution in [1.82, 2.24) is 0 Å². The lowest BCUT2D eigenvalue weighted by atomic mass is 9.64. The first-order chi connectivity index (χ1) is 13.7. The normalized spacial score (nSPS) is 34.1. The van der Waals surface area contributed by atoms with Gasteiger partial charge in [0.05, 0.1) is 11.5 Å². The molecule has 0 aromatic heterocycles. The fourth-order valence-electron chi connectivity index (χ4n) is 6.74. The number of hydrogen-bond acceptors (Lipinski definition) is 3. The van der Waals surface area contributed by atoms with Gasteiger partial charge in [-0.05, 0) is 79.4 Å². The third kappa shape index (κ3) is 4.92. The van der Waals surface area contributed by atoms with Gasteiger partial charge in [-0.15, -0.1) is 0 Å². The summed E-state index contributed by atoms with van der Waals surface area (Å²) in [5, 5.41) is 0. The van der Waals surface area contributed by atoms with Crippen LogP contribution in [0.2, 0.25) is 0 Å². The lowest BCUT2D eigenvalue weighted by Gasteiger charge is -2.42. The first kappa shape index (κ1) is 24.1. The molecule has 0 aliphatic heterocycles. The van der Waals surface area contributed by atoms with Crippen molar-refractivity contribution in [3.8, 4) is 0 Å². The van der Waals surface area contributed by atoms with Gasteiger partial charge in [-0.3, -0.25) is 4.79 Å². The number of rotatable bonds is 7. The highest BCUT2D eigenvalue weighted by Gasteiger charge is 2.55. The average Bonchev–Trinajstić information content (AvgIpc) is 3.23. The molecular formula is C27H48O3. The van der Waals surface area contributed by atoms with Gasteiger partial charge in [0.2, 0.25) is 6.29 Å². The number of carbonyl (C=O) groups excluding carboxylic acids is 1. The van der Waals surface area contributed by atoms with Crippen molar-refractivity contribution in [1.29, 1.82) is 0 Å². The minimum atomic E-state index is -0.522. The van der Waals surface area contributed by atoms with E-state index in [0.717, 1.165) is 30.6 Å². The van der Waals surface area contributed by atoms with Gasteiger partial charge in [0.15, 0.2) is 0 Å². The van der Waals surface area contributed by atoms with Crippen LogP contribution in [0.15, 0.2) is 0 Å². The van der Waals surface area contributed by atoms with Crippen LogP contribution in [0.5, 0.6) is 0 Å². The molecule has 0 N–H and O–H groups in total. The molecule has 3 heteroatoms. The third-order valence-electron chi connectivity index (χ3n) is 8.63. The Hall–Kier alpha value is -0.570. The predicted molar refractivity (Wildman–Crippen MR) is 123 cm³/mol. The fourth-order valence-corrected chi connectivity index (χ4v) is 6.74. The molecule has 0 radical (unpaired) electrons. The highest BCUT2D eigenvalue weighted by Crippen LogP contribution is 2.59. The molecule has 0 aromatic carbocycles. The van der Waals surface area contributed by atoms with Gasteiger partial charge < -0.3 is 9.47 Å². The van der Waals surface area contributed by atoms with Crippen LogP contribution in [0.4, 0.5) is 0 Å². The third-order valence-corrected chi connectivity index (χ3v) is 8.63. The first-order valence-corrected chi connectivity index (χ1v) is 12.6. The summed E-state index contributed by atoms with van der Waals surface area (Å²) in [6.07, 6.45) is 8.14. The van der Waals surface area contributed by atoms with Crippen LogP contribution in [0, 0.1) is 45.8 Å². The molecule has 3 saturated carbocycles. The molecule has 0 amide bonds. The lowest BCUT2D eigenvalue weighted by Crippen LogP contribution is -2.45. The van der Waals surface area contributed by atoms with Crippen LogP contribution in [-0.2, 0) is 14.3 Å². The van der Waals surface area contributed by atoms with Crippen molar-refractivity contribution in [2.24, 2.45) is 45.8 Å². The standard InChI is InChI=1S/C27H48O3/c1-17(2)15-27(9,26(6,7)8)24(28)30-23(16-25(3,4)5)29-22-14-18-13-21(22)20-12-10-11-19(18)20/h17-23H,10-16H2,1-9H3. The van der Waals surface area contributed by atoms with Gasteiger partial charge in [-0.1, -0.05) is 61.8 Å². The van der Waals surface area contributed by atoms with E-state index in [1.807, 2.05) is 0 Å². The fraction of sp³-hybridized carbons (Fsp3) is 0.963. The quantitative estimate of drug-likeness (QED) is 0.322. The van der Waals surface area contributed by atoms with E-state index in [-0.39, 0.29) is 22.9 Å². The molecule has 2 bridgehead atoms. The Kier molecular flexibility index (Phi) is 6.75. The molecule has 7 unspecified atom stereocenters. The number of hydrogen-bond donors (Lipinski definition) is 0. The summed E-state index contributed by atoms with van der Waals surface area (Å²) in [6.45, 7) is 19.6. The van der Waals surface area contributed by atoms with E-state index >= 15 is 0 Å². The Morgan fingerprint density at radius 3 is 2.10 bits per heavy atom. The van der Waals surface area contributed by atoms with E-state index in [0.29, 0.717) is 11.8 Å². The van der Waals surface area contributed by atoms with Crippen LogP contribution in [0.3, 0.4) is 0 Å². The minimum absolute atomic E-state index is 0.0502. The summed E-state index contributed by atoms with van der Waals surface area (Å²) in [5.74, 6) is 3.70. The largest absolute Gasteiger partial charge is 0.435 e. The summed E-state index contributed by atoms with van der Waals surface area (Å²) < 4.78 is 12.9. The summed E-state index contributed by atoms with van der Waals surface area (Å²) in [7, 11) is 0. The van der Waals surface area contributed by atoms with E-state index < -0.39 is 11.7 Å². The molecule has 3 aliphatic carbocycles. The zero-order chi connectivity index (χ0) is 22.5. The van der Waals surface area contributed by atoms with E-state index in [4.69, 9.17) is 9.47 Å². The predicted octanol–water partition coefficient (Wildman–Crippen LogP) is 7.23. The number of esters is 1. The number of ether oxygens (including phenoxy) is 2. The van der Waals surface area contributed by atoms with Crippen molar-refractivity contribution >= 4 is 5.97 Å². The molecule has 0 aromatic rings. The highest BCUT2D eigenvalue weighted by molar-refractivity contribution is 5.77. The maximum Gasteiger partial charge on any atom is 0.314 e. The van der Waals surface area contributed by atoms with Crippen LogP contribution < -0.4 is 0 Å². The molecule has 3 nitrogen and oxygen atoms in total. The molecule has 7 atom stereocenters. The van der Waals surface area contributed by atoms with Gasteiger partial charge >= 0.3 is 5.97 Å². The zero-order valence-corrected chi connectivity index (χ0v) is 21.2. The Labute approximate surface area is 186 Å². The lowest BCUT2D eigenvalue weighted by molar-refractivity contribution is -0.218. The van der Waals surface area contributed by atoms with Gasteiger partial charge in [-0.2, -0.15) is 0 Å². The SMILES string of the molecule is CC(C)CC(C)(C(=O)OC(CC(C)(C)C)OC1CC2CC1C1CCCC21)C(C)(C)C. The average molecular weight is 421 g/mol. The van der Waals surface area contributed by atoms with Crippen LogP contribution in [-0.4, -0.2) is 18.4 Å². The smallest absolute Gasteiger partial charge is 0.314 e. The second kappa shape index (κ2) is 8.41. The topological polar surface area (TPSA) is 35.5 Å². The molecule has 3 fully saturated rings. The van der Waals surface area contributed by atoms with Gasteiger partial charge in [0.1, 0.15) is 0 Å². The van der Waals surface area contributed by atoms with Crippen molar-refractivity contribution in [2.75, 3.05) is 0 Å². The van der Waals surface area contributed by atoms with E-state index in [9.17, 15) is 4.79 Å². The summed E-state index contributed by atoms with van der Waals surface area (Å²) >= 11 is 0.